The van der Waals surface area contributed by atoms with Crippen LogP contribution in [0.3, 0.4) is 0 Å². The summed E-state index contributed by atoms with van der Waals surface area (Å²) < 4.78 is 11.8. The molecule has 0 bridgehead atoms. The molecule has 1 unspecified atom stereocenters. The third-order valence-corrected chi connectivity index (χ3v) is 2.72. The van der Waals surface area contributed by atoms with Crippen molar-refractivity contribution < 1.29 is 18.8 Å². The fraction of sp³-hybridized carbons (Fsp3) is 0.727. The molecule has 0 radical (unpaired) electrons. The van der Waals surface area contributed by atoms with Gasteiger partial charge in [-0.2, -0.15) is 4.39 Å². The summed E-state index contributed by atoms with van der Waals surface area (Å²) >= 11 is 0. The molecule has 0 N–H and O–H groups in total. The highest BCUT2D eigenvalue weighted by molar-refractivity contribution is 6.03. The van der Waals surface area contributed by atoms with Gasteiger partial charge in [0.25, 0.3) is 0 Å². The zero-order valence-corrected chi connectivity index (χ0v) is 9.37. The van der Waals surface area contributed by atoms with Crippen molar-refractivity contribution in [3.63, 3.8) is 0 Å². The monoisotopic (exact) mass is 229 g/mol. The molecule has 0 spiro atoms. The Morgan fingerprint density at radius 1 is 1.38 bits per heavy atom. The van der Waals surface area contributed by atoms with Crippen LogP contribution in [0.5, 0.6) is 0 Å². The second kappa shape index (κ2) is 5.72. The molecule has 0 saturated carbocycles. The minimum absolute atomic E-state index is 0.0711. The number of carbonyl (C=O) groups is 3. The van der Waals surface area contributed by atoms with E-state index >= 15 is 0 Å². The highest BCUT2D eigenvalue weighted by atomic mass is 19.1. The number of amides is 2. The lowest BCUT2D eigenvalue weighted by atomic mass is 10.1. The fourth-order valence-electron chi connectivity index (χ4n) is 1.79. The summed E-state index contributed by atoms with van der Waals surface area (Å²) in [6.45, 7) is 2.13. The van der Waals surface area contributed by atoms with Crippen molar-refractivity contribution in [2.24, 2.45) is 5.92 Å². The van der Waals surface area contributed by atoms with E-state index < -0.39 is 6.04 Å². The molecule has 1 heterocycles. The van der Waals surface area contributed by atoms with Gasteiger partial charge in [-0.1, -0.05) is 13.3 Å². The summed E-state index contributed by atoms with van der Waals surface area (Å²) in [5.41, 5.74) is 0. The van der Waals surface area contributed by atoms with E-state index in [1.165, 1.54) is 4.90 Å². The molecule has 0 aromatic rings. The van der Waals surface area contributed by atoms with Crippen LogP contribution in [0, 0.1) is 5.92 Å². The van der Waals surface area contributed by atoms with Crippen LogP contribution >= 0.6 is 0 Å². The predicted molar refractivity (Wildman–Crippen MR) is 55.1 cm³/mol. The van der Waals surface area contributed by atoms with E-state index in [1.807, 2.05) is 0 Å². The van der Waals surface area contributed by atoms with Crippen molar-refractivity contribution in [2.45, 2.75) is 39.0 Å². The van der Waals surface area contributed by atoms with E-state index in [4.69, 9.17) is 0 Å². The minimum atomic E-state index is -1.30. The number of imide groups is 1. The Morgan fingerprint density at radius 3 is 2.56 bits per heavy atom. The van der Waals surface area contributed by atoms with Gasteiger partial charge in [0.15, 0.2) is 0 Å². The minimum Gasteiger partial charge on any atom is -0.282 e. The Bertz CT molecular complexity index is 304. The molecule has 0 aromatic heterocycles. The number of hydrogen-bond donors (Lipinski definition) is 0. The van der Waals surface area contributed by atoms with Crippen molar-refractivity contribution in [3.8, 4) is 0 Å². The summed E-state index contributed by atoms with van der Waals surface area (Å²) in [6.07, 6.45) is 1.99. The summed E-state index contributed by atoms with van der Waals surface area (Å²) in [5.74, 6) is -0.453. The summed E-state index contributed by atoms with van der Waals surface area (Å²) in [7, 11) is 0. The third-order valence-electron chi connectivity index (χ3n) is 2.72. The van der Waals surface area contributed by atoms with E-state index in [0.29, 0.717) is 32.2 Å². The molecular weight excluding hydrogens is 213 g/mol. The SMILES string of the molecule is CC1CC(=O)N(CCCCCC(=O)F)C1=O. The Balaban J connectivity index is 2.20. The molecule has 0 aliphatic carbocycles. The Hall–Kier alpha value is -1.26. The van der Waals surface area contributed by atoms with E-state index in [-0.39, 0.29) is 24.2 Å². The standard InChI is InChI=1S/C11H16FNO3/c1-8-7-10(15)13(11(8)16)6-4-2-3-5-9(12)14/h8H,2-7H2,1H3. The lowest BCUT2D eigenvalue weighted by Gasteiger charge is -2.13. The number of nitrogens with zero attached hydrogens (tertiary/aromatic N) is 1. The number of likely N-dealkylation sites (tertiary alicyclic amines) is 1. The van der Waals surface area contributed by atoms with Crippen LogP contribution in [-0.2, 0) is 14.4 Å². The van der Waals surface area contributed by atoms with Crippen LogP contribution in [0.1, 0.15) is 39.0 Å². The second-order valence-corrected chi connectivity index (χ2v) is 4.15. The highest BCUT2D eigenvalue weighted by Crippen LogP contribution is 2.19. The second-order valence-electron chi connectivity index (χ2n) is 4.15. The molecule has 16 heavy (non-hydrogen) atoms. The maximum atomic E-state index is 11.8. The van der Waals surface area contributed by atoms with Gasteiger partial charge in [0.05, 0.1) is 0 Å². The zero-order chi connectivity index (χ0) is 12.1. The fourth-order valence-corrected chi connectivity index (χ4v) is 1.79. The molecular formula is C11H16FNO3. The first kappa shape index (κ1) is 12.8. The van der Waals surface area contributed by atoms with Crippen LogP contribution in [-0.4, -0.2) is 29.3 Å². The lowest BCUT2D eigenvalue weighted by Crippen LogP contribution is -2.31. The van der Waals surface area contributed by atoms with Crippen LogP contribution in [0.15, 0.2) is 0 Å². The van der Waals surface area contributed by atoms with Gasteiger partial charge in [0.2, 0.25) is 11.8 Å². The molecule has 90 valence electrons. The molecule has 2 amide bonds. The van der Waals surface area contributed by atoms with E-state index in [1.54, 1.807) is 6.92 Å². The average Bonchev–Trinajstić information content (AvgIpc) is 2.43. The van der Waals surface area contributed by atoms with Crippen LogP contribution in [0.4, 0.5) is 4.39 Å². The number of hydrogen-bond acceptors (Lipinski definition) is 3. The first-order chi connectivity index (χ1) is 7.52. The van der Waals surface area contributed by atoms with Crippen molar-refractivity contribution in [1.82, 2.24) is 4.90 Å². The number of rotatable bonds is 6. The van der Waals surface area contributed by atoms with Crippen molar-refractivity contribution >= 4 is 17.9 Å². The molecule has 1 saturated heterocycles. The van der Waals surface area contributed by atoms with Gasteiger partial charge >= 0.3 is 6.04 Å². The normalized spacial score (nSPS) is 20.6. The molecule has 4 nitrogen and oxygen atoms in total. The van der Waals surface area contributed by atoms with E-state index in [2.05, 4.69) is 0 Å². The largest absolute Gasteiger partial charge is 0.301 e. The van der Waals surface area contributed by atoms with Crippen molar-refractivity contribution in [3.05, 3.63) is 0 Å². The van der Waals surface area contributed by atoms with Gasteiger partial charge in [0.1, 0.15) is 0 Å². The van der Waals surface area contributed by atoms with Crippen LogP contribution in [0.25, 0.3) is 0 Å². The number of halogens is 1. The van der Waals surface area contributed by atoms with E-state index in [9.17, 15) is 18.8 Å². The number of unbranched alkanes of at least 4 members (excludes halogenated alkanes) is 2. The van der Waals surface area contributed by atoms with Gasteiger partial charge in [-0.25, -0.2) is 0 Å². The van der Waals surface area contributed by atoms with Gasteiger partial charge in [-0.3, -0.25) is 19.3 Å². The van der Waals surface area contributed by atoms with Crippen LogP contribution in [0.2, 0.25) is 0 Å². The molecule has 1 aliphatic rings. The molecule has 1 aliphatic heterocycles. The van der Waals surface area contributed by atoms with E-state index in [0.717, 1.165) is 0 Å². The lowest BCUT2D eigenvalue weighted by molar-refractivity contribution is -0.139. The maximum absolute atomic E-state index is 11.8. The van der Waals surface area contributed by atoms with Crippen LogP contribution < -0.4 is 0 Å². The predicted octanol–water partition coefficient (Wildman–Crippen LogP) is 1.44. The summed E-state index contributed by atoms with van der Waals surface area (Å²) in [4.78, 5) is 34.1. The molecule has 1 fully saturated rings. The Morgan fingerprint density at radius 2 is 2.06 bits per heavy atom. The first-order valence-electron chi connectivity index (χ1n) is 5.55. The van der Waals surface area contributed by atoms with Crippen molar-refractivity contribution in [2.75, 3.05) is 6.54 Å². The smallest absolute Gasteiger partial charge is 0.282 e. The average molecular weight is 229 g/mol. The maximum Gasteiger partial charge on any atom is 0.301 e. The van der Waals surface area contributed by atoms with Gasteiger partial charge in [0, 0.05) is 25.3 Å². The Labute approximate surface area is 93.8 Å². The third kappa shape index (κ3) is 3.40. The molecule has 5 heteroatoms. The van der Waals surface area contributed by atoms with Gasteiger partial charge < -0.3 is 0 Å². The number of carbonyl (C=O) groups excluding carboxylic acids is 3. The van der Waals surface area contributed by atoms with Gasteiger partial charge in [-0.05, 0) is 12.8 Å². The first-order valence-corrected chi connectivity index (χ1v) is 5.55. The Kier molecular flexibility index (Phi) is 4.58. The van der Waals surface area contributed by atoms with Crippen molar-refractivity contribution in [1.29, 1.82) is 0 Å². The molecule has 1 atom stereocenters. The highest BCUT2D eigenvalue weighted by Gasteiger charge is 2.34. The summed E-state index contributed by atoms with van der Waals surface area (Å²) in [5, 5.41) is 0. The summed E-state index contributed by atoms with van der Waals surface area (Å²) in [6, 6.07) is -1.30. The van der Waals surface area contributed by atoms with Gasteiger partial charge in [-0.15, -0.1) is 0 Å². The molecule has 1 rings (SSSR count). The quantitative estimate of drug-likeness (QED) is 0.393. The zero-order valence-electron chi connectivity index (χ0n) is 9.37. The topological polar surface area (TPSA) is 54.5 Å². The molecule has 0 aromatic carbocycles.